The first-order valence-corrected chi connectivity index (χ1v) is 16.8. The first-order valence-electron chi connectivity index (χ1n) is 16.4. The van der Waals surface area contributed by atoms with E-state index in [1.807, 2.05) is 33.8 Å². The van der Waals surface area contributed by atoms with E-state index in [0.717, 1.165) is 12.0 Å². The standard InChI is InChI=1S/C35H48ClNO10/c1-19-14-24(13-11-9-8-10-12-23-16-25(23)36)44-28(38)18-35(40)17-27(21(3)29(46-35)20(2)26(15-19)41-6)45-32-31(42-7)34(5)30(22(4)43-32)37-33(39)47-34/h8-9,11,13,15,20-27,29-32,40H,14,16-18H2,1-7H3,(H,37,39)/b9-8+,13-11+,19-15+/t20-,21-,22+,23-,24+,25-,26-,27+,29-,30-,31+,32+,34-,35+/m1/s1. The van der Waals surface area contributed by atoms with Crippen molar-refractivity contribution in [1.29, 1.82) is 0 Å². The second-order valence-corrected chi connectivity index (χ2v) is 14.3. The molecule has 4 aliphatic heterocycles. The van der Waals surface area contributed by atoms with Gasteiger partial charge < -0.3 is 43.6 Å². The van der Waals surface area contributed by atoms with E-state index >= 15 is 0 Å². The number of aliphatic hydroxyl groups is 1. The van der Waals surface area contributed by atoms with E-state index in [4.69, 9.17) is 44.8 Å². The summed E-state index contributed by atoms with van der Waals surface area (Å²) in [5, 5.41) is 14.8. The lowest BCUT2D eigenvalue weighted by Crippen LogP contribution is -2.67. The molecule has 1 amide bonds. The van der Waals surface area contributed by atoms with Crippen LogP contribution < -0.4 is 5.32 Å². The number of carbonyl (C=O) groups is 2. The molecule has 260 valence electrons. The molecule has 3 saturated heterocycles. The van der Waals surface area contributed by atoms with E-state index in [1.165, 1.54) is 7.11 Å². The number of cyclic esters (lactones) is 1. The van der Waals surface area contributed by atoms with E-state index in [9.17, 15) is 14.7 Å². The number of carbonyl (C=O) groups excluding carboxylic acids is 2. The zero-order valence-electron chi connectivity index (χ0n) is 28.1. The molecule has 0 radical (unpaired) electrons. The fourth-order valence-corrected chi connectivity index (χ4v) is 7.51. The van der Waals surface area contributed by atoms with Crippen molar-refractivity contribution < 1.29 is 47.9 Å². The number of fused-ring (bicyclic) bond motifs is 3. The van der Waals surface area contributed by atoms with Crippen LogP contribution in [-0.2, 0) is 38.0 Å². The molecule has 2 N–H and O–H groups in total. The molecule has 1 saturated carbocycles. The molecule has 0 aromatic rings. The molecule has 0 spiro atoms. The van der Waals surface area contributed by atoms with Crippen molar-refractivity contribution in [3.05, 3.63) is 36.0 Å². The number of halogens is 1. The van der Waals surface area contributed by atoms with E-state index in [0.29, 0.717) is 6.42 Å². The Kier molecular flexibility index (Phi) is 11.1. The minimum Gasteiger partial charge on any atom is -0.458 e. The number of esters is 1. The van der Waals surface area contributed by atoms with Gasteiger partial charge in [-0.25, -0.2) is 4.79 Å². The lowest BCUT2D eigenvalue weighted by atomic mass is 9.79. The maximum Gasteiger partial charge on any atom is 0.408 e. The number of amides is 1. The maximum absolute atomic E-state index is 13.4. The minimum atomic E-state index is -1.90. The Hall–Kier alpha value is -2.43. The second-order valence-electron chi connectivity index (χ2n) is 13.7. The van der Waals surface area contributed by atoms with Crippen molar-refractivity contribution in [2.45, 2.75) is 126 Å². The lowest BCUT2D eigenvalue weighted by Gasteiger charge is -2.51. The van der Waals surface area contributed by atoms with Gasteiger partial charge in [-0.05, 0) is 39.3 Å². The summed E-state index contributed by atoms with van der Waals surface area (Å²) >= 11 is 6.01. The zero-order chi connectivity index (χ0) is 34.1. The summed E-state index contributed by atoms with van der Waals surface area (Å²) in [6.45, 7) is 9.57. The Balaban J connectivity index is 1.37. The summed E-state index contributed by atoms with van der Waals surface area (Å²) in [5.41, 5.74) is -0.0797. The topological polar surface area (TPSA) is 131 Å². The van der Waals surface area contributed by atoms with Crippen molar-refractivity contribution in [1.82, 2.24) is 5.32 Å². The molecule has 5 aliphatic rings. The molecule has 1 aliphatic carbocycles. The van der Waals surface area contributed by atoms with Gasteiger partial charge in [0.2, 0.25) is 0 Å². The summed E-state index contributed by atoms with van der Waals surface area (Å²) in [7, 11) is 3.14. The van der Waals surface area contributed by atoms with Crippen LogP contribution in [0.25, 0.3) is 0 Å². The number of alkyl halides is 1. The highest BCUT2D eigenvalue weighted by molar-refractivity contribution is 6.22. The van der Waals surface area contributed by atoms with Gasteiger partial charge >= 0.3 is 12.1 Å². The second kappa shape index (κ2) is 14.6. The molecule has 4 fully saturated rings. The van der Waals surface area contributed by atoms with Crippen molar-refractivity contribution in [3.8, 4) is 11.8 Å². The lowest BCUT2D eigenvalue weighted by molar-refractivity contribution is -0.348. The van der Waals surface area contributed by atoms with E-state index in [2.05, 4.69) is 17.2 Å². The Morgan fingerprint density at radius 2 is 1.89 bits per heavy atom. The van der Waals surface area contributed by atoms with Gasteiger partial charge in [-0.3, -0.25) is 4.79 Å². The summed E-state index contributed by atoms with van der Waals surface area (Å²) in [6.07, 6.45) is 5.17. The molecule has 14 atom stereocenters. The van der Waals surface area contributed by atoms with Crippen molar-refractivity contribution in [2.24, 2.45) is 17.8 Å². The quantitative estimate of drug-likeness (QED) is 0.139. The number of ether oxygens (including phenoxy) is 7. The monoisotopic (exact) mass is 677 g/mol. The Morgan fingerprint density at radius 3 is 2.57 bits per heavy atom. The molecular weight excluding hydrogens is 630 g/mol. The molecule has 11 nitrogen and oxygen atoms in total. The van der Waals surface area contributed by atoms with Crippen LogP contribution in [0, 0.1) is 29.6 Å². The van der Waals surface area contributed by atoms with Gasteiger partial charge in [0.25, 0.3) is 0 Å². The van der Waals surface area contributed by atoms with Crippen molar-refractivity contribution in [3.63, 3.8) is 0 Å². The predicted molar refractivity (Wildman–Crippen MR) is 172 cm³/mol. The fourth-order valence-electron chi connectivity index (χ4n) is 7.26. The summed E-state index contributed by atoms with van der Waals surface area (Å²) in [6, 6.07) is -0.443. The third-order valence-corrected chi connectivity index (χ3v) is 10.4. The van der Waals surface area contributed by atoms with Crippen LogP contribution in [-0.4, -0.2) is 97.1 Å². The fraction of sp³-hybridized carbons (Fsp3) is 0.714. The molecular formula is C35H48ClNO10. The van der Waals surface area contributed by atoms with E-state index in [-0.39, 0.29) is 35.7 Å². The number of hydrogen-bond donors (Lipinski definition) is 2. The first-order chi connectivity index (χ1) is 22.3. The van der Waals surface area contributed by atoms with Gasteiger partial charge in [-0.2, -0.15) is 0 Å². The highest BCUT2D eigenvalue weighted by atomic mass is 35.5. The molecule has 0 aromatic heterocycles. The molecule has 0 unspecified atom stereocenters. The number of rotatable bonds is 6. The van der Waals surface area contributed by atoms with Crippen LogP contribution in [0.4, 0.5) is 4.79 Å². The highest BCUT2D eigenvalue weighted by Crippen LogP contribution is 2.44. The van der Waals surface area contributed by atoms with Gasteiger partial charge in [-0.15, -0.1) is 11.6 Å². The molecule has 2 bridgehead atoms. The number of allylic oxidation sites excluding steroid dienone is 3. The average molecular weight is 678 g/mol. The SMILES string of the molecule is CO[C@@H]1/C=C(\C)C[C@H](/C=C/C=C/C#C[C@@H]2C[C@H]2Cl)OC(=O)C[C@]2(O)C[C@H](O[C@@H]3O[C@@H](C)[C@H]4NC(=O)O[C@@]4(C)[C@H]3OC)[C@@H](C)[C@H](O2)[C@@H]1C. The van der Waals surface area contributed by atoms with Crippen LogP contribution >= 0.6 is 11.6 Å². The van der Waals surface area contributed by atoms with Gasteiger partial charge in [0.15, 0.2) is 17.7 Å². The van der Waals surface area contributed by atoms with Crippen LogP contribution in [0.1, 0.15) is 60.3 Å². The summed E-state index contributed by atoms with van der Waals surface area (Å²) < 4.78 is 42.5. The molecule has 4 heterocycles. The Labute approximate surface area is 282 Å². The van der Waals surface area contributed by atoms with Crippen LogP contribution in [0.15, 0.2) is 36.0 Å². The van der Waals surface area contributed by atoms with Gasteiger partial charge in [0, 0.05) is 50.2 Å². The third kappa shape index (κ3) is 8.07. The summed E-state index contributed by atoms with van der Waals surface area (Å²) in [5.74, 6) is 3.34. The highest BCUT2D eigenvalue weighted by Gasteiger charge is 2.61. The van der Waals surface area contributed by atoms with Gasteiger partial charge in [0.05, 0.1) is 30.8 Å². The van der Waals surface area contributed by atoms with Crippen LogP contribution in [0.2, 0.25) is 0 Å². The maximum atomic E-state index is 13.4. The third-order valence-electron chi connectivity index (χ3n) is 9.96. The van der Waals surface area contributed by atoms with Crippen LogP contribution in [0.3, 0.4) is 0 Å². The van der Waals surface area contributed by atoms with Crippen molar-refractivity contribution in [2.75, 3.05) is 14.2 Å². The molecule has 47 heavy (non-hydrogen) atoms. The Bertz CT molecular complexity index is 1320. The number of methoxy groups -OCH3 is 2. The molecule has 12 heteroatoms. The Morgan fingerprint density at radius 1 is 1.15 bits per heavy atom. The smallest absolute Gasteiger partial charge is 0.408 e. The van der Waals surface area contributed by atoms with Crippen molar-refractivity contribution >= 4 is 23.7 Å². The number of hydrogen-bond acceptors (Lipinski definition) is 10. The zero-order valence-corrected chi connectivity index (χ0v) is 28.9. The minimum absolute atomic E-state index is 0.0338. The van der Waals surface area contributed by atoms with E-state index < -0.39 is 72.7 Å². The van der Waals surface area contributed by atoms with Gasteiger partial charge in [-0.1, -0.05) is 49.5 Å². The predicted octanol–water partition coefficient (Wildman–Crippen LogP) is 4.16. The normalized spacial score (nSPS) is 46.5. The summed E-state index contributed by atoms with van der Waals surface area (Å²) in [4.78, 5) is 25.6. The number of nitrogens with one attached hydrogen (secondary N) is 1. The average Bonchev–Trinajstić information content (AvgIpc) is 3.60. The molecule has 0 aromatic carbocycles. The largest absolute Gasteiger partial charge is 0.458 e. The van der Waals surface area contributed by atoms with Crippen LogP contribution in [0.5, 0.6) is 0 Å². The first kappa shape index (κ1) is 35.9. The van der Waals surface area contributed by atoms with Gasteiger partial charge in [0.1, 0.15) is 18.2 Å². The number of alkyl carbamates (subject to hydrolysis) is 1. The van der Waals surface area contributed by atoms with E-state index in [1.54, 1.807) is 38.3 Å². The molecule has 5 rings (SSSR count).